The van der Waals surface area contributed by atoms with Crippen LogP contribution in [0.1, 0.15) is 52.5 Å². The summed E-state index contributed by atoms with van der Waals surface area (Å²) in [4.78, 5) is 4.38. The highest BCUT2D eigenvalue weighted by Gasteiger charge is 2.68. The van der Waals surface area contributed by atoms with E-state index in [0.717, 1.165) is 64.2 Å². The van der Waals surface area contributed by atoms with Crippen molar-refractivity contribution in [1.82, 2.24) is 10.7 Å². The molecule has 1 aromatic carbocycles. The van der Waals surface area contributed by atoms with E-state index < -0.39 is 5.60 Å². The third kappa shape index (κ3) is 6.83. The molecular formula is C34H40ClN9O. The molecular weight excluding hydrogens is 586 g/mol. The molecule has 0 bridgehead atoms. The first kappa shape index (κ1) is 32.0. The third-order valence-electron chi connectivity index (χ3n) is 8.16. The minimum absolute atomic E-state index is 0.187. The van der Waals surface area contributed by atoms with Gasteiger partial charge in [0.25, 0.3) is 0 Å². The van der Waals surface area contributed by atoms with E-state index in [-0.39, 0.29) is 12.6 Å². The number of nitrogens with two attached hydrogens (primary N) is 1. The topological polar surface area (TPSA) is 144 Å². The van der Waals surface area contributed by atoms with Gasteiger partial charge in [0.1, 0.15) is 18.0 Å². The zero-order valence-electron chi connectivity index (χ0n) is 26.4. The summed E-state index contributed by atoms with van der Waals surface area (Å²) in [5.41, 5.74) is 11.7. The van der Waals surface area contributed by atoms with Crippen LogP contribution < -0.4 is 21.9 Å². The summed E-state index contributed by atoms with van der Waals surface area (Å²) >= 11 is 5.90. The van der Waals surface area contributed by atoms with Gasteiger partial charge in [0, 0.05) is 27.9 Å². The monoisotopic (exact) mass is 625 g/mol. The number of aliphatic imine (C=N–C) groups is 1. The first-order valence-corrected chi connectivity index (χ1v) is 15.4. The Hall–Kier alpha value is -4.38. The largest absolute Gasteiger partial charge is 0.378 e. The maximum absolute atomic E-state index is 12.1. The van der Waals surface area contributed by atoms with Crippen LogP contribution in [0.15, 0.2) is 136 Å². The molecule has 2 atom stereocenters. The standard InChI is InChI=1S/C34H40ClN9O/c1-7-24-16-25-14-21(4)32(34(45)29(25)30(34)31(24)43-41-26-11-8-19(2)9-12-26)44-42-28-17-27(13-10-20(28)3)37-18-38-33(40-36)39-23(6)15-22(5)35/h8,10-11,13-17,29,37,45H,6-7,9,12,18,36H2,1-5H3,(H2,38,39,40)/b22-15+,43-41?,44-42?. The van der Waals surface area contributed by atoms with Crippen LogP contribution in [-0.4, -0.2) is 23.3 Å². The second kappa shape index (κ2) is 13.3. The minimum Gasteiger partial charge on any atom is -0.378 e. The number of rotatable bonds is 10. The minimum atomic E-state index is -1.25. The lowest BCUT2D eigenvalue weighted by Crippen LogP contribution is -2.41. The van der Waals surface area contributed by atoms with Gasteiger partial charge in [0.2, 0.25) is 5.96 Å². The van der Waals surface area contributed by atoms with Crippen molar-refractivity contribution >= 4 is 28.9 Å². The van der Waals surface area contributed by atoms with Crippen LogP contribution in [0.3, 0.4) is 0 Å². The van der Waals surface area contributed by atoms with Crippen molar-refractivity contribution < 1.29 is 5.11 Å². The van der Waals surface area contributed by atoms with E-state index in [2.05, 4.69) is 75.0 Å². The summed E-state index contributed by atoms with van der Waals surface area (Å²) in [5.74, 6) is 5.73. The Labute approximate surface area is 269 Å². The van der Waals surface area contributed by atoms with Gasteiger partial charge in [-0.25, -0.2) is 10.8 Å². The van der Waals surface area contributed by atoms with Crippen LogP contribution in [0.25, 0.3) is 0 Å². The smallest absolute Gasteiger partial charge is 0.212 e. The summed E-state index contributed by atoms with van der Waals surface area (Å²) in [5, 5.41) is 37.4. The highest BCUT2D eigenvalue weighted by Crippen LogP contribution is 2.66. The van der Waals surface area contributed by atoms with Gasteiger partial charge in [-0.15, -0.1) is 0 Å². The maximum Gasteiger partial charge on any atom is 0.212 e. The van der Waals surface area contributed by atoms with Crippen LogP contribution in [-0.2, 0) is 0 Å². The van der Waals surface area contributed by atoms with E-state index in [4.69, 9.17) is 22.6 Å². The number of anilines is 1. The fraction of sp³-hybridized carbons (Fsp3) is 0.324. The molecule has 1 fully saturated rings. The van der Waals surface area contributed by atoms with Crippen molar-refractivity contribution in [2.45, 2.75) is 59.5 Å². The molecule has 0 saturated heterocycles. The van der Waals surface area contributed by atoms with E-state index in [0.29, 0.717) is 28.1 Å². The van der Waals surface area contributed by atoms with Crippen molar-refractivity contribution in [3.63, 3.8) is 0 Å². The number of hydrogen-bond acceptors (Lipinski definition) is 8. The molecule has 0 spiro atoms. The van der Waals surface area contributed by atoms with E-state index in [1.165, 1.54) is 5.57 Å². The zero-order valence-corrected chi connectivity index (χ0v) is 27.1. The second-order valence-corrected chi connectivity index (χ2v) is 12.2. The van der Waals surface area contributed by atoms with Gasteiger partial charge in [-0.05, 0) is 93.5 Å². The first-order valence-electron chi connectivity index (χ1n) is 15.0. The number of aliphatic hydroxyl groups is 1. The van der Waals surface area contributed by atoms with Crippen LogP contribution >= 0.6 is 11.6 Å². The normalized spacial score (nSPS) is 23.1. The SMILES string of the molecule is C=C(/C=C(\C)Cl)NC(=NCNc1ccc(C)c(N=NC2=C(C)C=C3C=C(CC)C(N=NC4=CC=C(C)CC4)=C4C3C24O)c1)NN. The molecule has 0 heterocycles. The summed E-state index contributed by atoms with van der Waals surface area (Å²) in [7, 11) is 0. The van der Waals surface area contributed by atoms with Crippen molar-refractivity contribution in [1.29, 1.82) is 0 Å². The summed E-state index contributed by atoms with van der Waals surface area (Å²) in [6.45, 7) is 14.0. The van der Waals surface area contributed by atoms with Crippen molar-refractivity contribution in [3.05, 3.63) is 116 Å². The lowest BCUT2D eigenvalue weighted by atomic mass is 9.92. The molecule has 4 aliphatic carbocycles. The molecule has 234 valence electrons. The number of nitrogens with one attached hydrogen (secondary N) is 3. The van der Waals surface area contributed by atoms with Crippen LogP contribution in [0, 0.1) is 12.8 Å². The van der Waals surface area contributed by atoms with Gasteiger partial charge in [-0.3, -0.25) is 5.43 Å². The number of nitrogens with zero attached hydrogens (tertiary/aromatic N) is 5. The van der Waals surface area contributed by atoms with E-state index >= 15 is 0 Å². The number of guanidine groups is 1. The Bertz CT molecular complexity index is 1730. The molecule has 6 N–H and O–H groups in total. The Balaban J connectivity index is 1.36. The van der Waals surface area contributed by atoms with Crippen LogP contribution in [0.5, 0.6) is 0 Å². The molecule has 2 unspecified atom stereocenters. The molecule has 0 radical (unpaired) electrons. The molecule has 11 heteroatoms. The Kier molecular flexibility index (Phi) is 9.48. The number of hydrogen-bond donors (Lipinski definition) is 5. The predicted octanol–water partition coefficient (Wildman–Crippen LogP) is 7.77. The summed E-state index contributed by atoms with van der Waals surface area (Å²) in [6, 6.07) is 5.79. The van der Waals surface area contributed by atoms with Crippen molar-refractivity contribution in [2.75, 3.05) is 12.0 Å². The summed E-state index contributed by atoms with van der Waals surface area (Å²) in [6.07, 6.45) is 12.7. The molecule has 0 aliphatic heterocycles. The van der Waals surface area contributed by atoms with E-state index in [9.17, 15) is 5.11 Å². The summed E-state index contributed by atoms with van der Waals surface area (Å²) < 4.78 is 0. The molecule has 5 rings (SSSR count). The fourth-order valence-corrected chi connectivity index (χ4v) is 5.87. The average molecular weight is 626 g/mol. The number of fused-ring (bicyclic) bond motifs is 1. The van der Waals surface area contributed by atoms with Gasteiger partial charge in [-0.2, -0.15) is 20.5 Å². The highest BCUT2D eigenvalue weighted by atomic mass is 35.5. The number of allylic oxidation sites excluding steroid dienone is 10. The number of aryl methyl sites for hydroxylation is 1. The lowest BCUT2D eigenvalue weighted by molar-refractivity contribution is 0.181. The molecule has 0 amide bonds. The van der Waals surface area contributed by atoms with Gasteiger partial charge < -0.3 is 15.7 Å². The molecule has 1 aromatic rings. The Morgan fingerprint density at radius 1 is 1.13 bits per heavy atom. The molecule has 10 nitrogen and oxygen atoms in total. The molecule has 45 heavy (non-hydrogen) atoms. The van der Waals surface area contributed by atoms with Crippen LogP contribution in [0.2, 0.25) is 0 Å². The van der Waals surface area contributed by atoms with E-state index in [1.807, 2.05) is 38.1 Å². The molecule has 4 aliphatic rings. The quantitative estimate of drug-likeness (QED) is 0.0450. The average Bonchev–Trinajstić information content (AvgIpc) is 3.64. The predicted molar refractivity (Wildman–Crippen MR) is 181 cm³/mol. The van der Waals surface area contributed by atoms with Gasteiger partial charge in [-0.1, -0.05) is 55.0 Å². The van der Waals surface area contributed by atoms with E-state index in [1.54, 1.807) is 13.0 Å². The van der Waals surface area contributed by atoms with Gasteiger partial charge in [0.05, 0.1) is 17.1 Å². The number of hydrazine groups is 1. The number of azo groups is 2. The first-order chi connectivity index (χ1) is 21.5. The fourth-order valence-electron chi connectivity index (χ4n) is 5.74. The Morgan fingerprint density at radius 3 is 2.62 bits per heavy atom. The Morgan fingerprint density at radius 2 is 1.93 bits per heavy atom. The van der Waals surface area contributed by atoms with Crippen molar-refractivity contribution in [3.8, 4) is 0 Å². The molecule has 1 saturated carbocycles. The molecule has 0 aromatic heterocycles. The highest BCUT2D eigenvalue weighted by molar-refractivity contribution is 6.29. The maximum atomic E-state index is 12.1. The number of halogens is 1. The third-order valence-corrected chi connectivity index (χ3v) is 8.27. The second-order valence-electron chi connectivity index (χ2n) is 11.6. The van der Waals surface area contributed by atoms with Crippen LogP contribution in [0.4, 0.5) is 11.4 Å². The lowest BCUT2D eigenvalue weighted by Gasteiger charge is -2.18. The van der Waals surface area contributed by atoms with Gasteiger partial charge in [0.15, 0.2) is 0 Å². The zero-order chi connectivity index (χ0) is 32.3. The van der Waals surface area contributed by atoms with Crippen molar-refractivity contribution in [2.24, 2.45) is 37.2 Å². The van der Waals surface area contributed by atoms with Gasteiger partial charge >= 0.3 is 0 Å². The number of benzene rings is 1.